The monoisotopic (exact) mass is 70.0 g/mol. The Bertz CT molecular complexity index is 86.3. The first-order chi connectivity index (χ1) is 2.37. The Morgan fingerprint density at radius 2 is 1.40 bits per heavy atom. The molecule has 1 saturated carbocycles. The van der Waals surface area contributed by atoms with Crippen LogP contribution < -0.4 is 0 Å². The third-order valence-electron chi connectivity index (χ3n) is 1.50. The summed E-state index contributed by atoms with van der Waals surface area (Å²) in [6.45, 7) is 0. The zero-order chi connectivity index (χ0) is 3.12. The van der Waals surface area contributed by atoms with Gasteiger partial charge >= 0.3 is 0 Å². The third kappa shape index (κ3) is 0.0330. The predicted molar refractivity (Wildman–Crippen MR) is 12.2 cm³/mol. The average Bonchev–Trinajstić information content (AvgIpc) is 1.30. The summed E-state index contributed by atoms with van der Waals surface area (Å²) in [5.74, 6) is 0.125. The first kappa shape index (κ1) is 1.58. The number of ether oxygens (including phenoxy) is 2. The summed E-state index contributed by atoms with van der Waals surface area (Å²) >= 11 is 0. The lowest BCUT2D eigenvalue weighted by atomic mass is 10.7. The predicted octanol–water partition coefficient (Wildman–Crippen LogP) is -0.157. The van der Waals surface area contributed by atoms with Gasteiger partial charge in [-0.3, -0.25) is 0 Å². The summed E-state index contributed by atoms with van der Waals surface area (Å²) in [7, 11) is 0. The van der Waals surface area contributed by atoms with E-state index in [2.05, 4.69) is 0 Å². The van der Waals surface area contributed by atoms with E-state index in [0.717, 1.165) is 0 Å². The summed E-state index contributed by atoms with van der Waals surface area (Å²) in [5.41, 5.74) is 0. The van der Waals surface area contributed by atoms with Crippen LogP contribution in [-0.4, -0.2) is 11.6 Å². The van der Waals surface area contributed by atoms with Crippen molar-refractivity contribution >= 4 is 0 Å². The molecule has 0 unspecified atom stereocenters. The SMILES string of the molecule is C1C23OC12O3. The molecule has 2 nitrogen and oxygen atoms in total. The van der Waals surface area contributed by atoms with Crippen LogP contribution >= 0.6 is 0 Å². The van der Waals surface area contributed by atoms with Gasteiger partial charge in [-0.25, -0.2) is 0 Å². The van der Waals surface area contributed by atoms with Crippen LogP contribution in [-0.2, 0) is 9.47 Å². The van der Waals surface area contributed by atoms with Gasteiger partial charge in [0.1, 0.15) is 0 Å². The number of hydrogen-bond acceptors (Lipinski definition) is 2. The Hall–Kier alpha value is -0.0800. The lowest BCUT2D eigenvalue weighted by Crippen LogP contribution is -2.08. The summed E-state index contributed by atoms with van der Waals surface area (Å²) in [6.07, 6.45) is 1.18. The molecule has 5 heavy (non-hydrogen) atoms. The first-order valence-corrected chi connectivity index (χ1v) is 1.77. The molecule has 26 valence electrons. The molecule has 2 heterocycles. The highest BCUT2D eigenvalue weighted by Gasteiger charge is 3.08. The molecule has 3 rings (SSSR count). The summed E-state index contributed by atoms with van der Waals surface area (Å²) in [4.78, 5) is 0. The topological polar surface area (TPSA) is 25.1 Å². The van der Waals surface area contributed by atoms with E-state index in [1.165, 1.54) is 6.42 Å². The van der Waals surface area contributed by atoms with Gasteiger partial charge in [-0.15, -0.1) is 0 Å². The van der Waals surface area contributed by atoms with Crippen LogP contribution in [0.2, 0.25) is 0 Å². The second-order valence-corrected chi connectivity index (χ2v) is 1.89. The molecule has 0 amide bonds. The lowest BCUT2D eigenvalue weighted by Gasteiger charge is -2.03. The van der Waals surface area contributed by atoms with Gasteiger partial charge in [-0.05, 0) is 0 Å². The van der Waals surface area contributed by atoms with Crippen LogP contribution in [0.5, 0.6) is 0 Å². The fourth-order valence-electron chi connectivity index (χ4n) is 0.735. The van der Waals surface area contributed by atoms with Gasteiger partial charge in [0.05, 0.1) is 6.42 Å². The molecule has 0 bridgehead atoms. The maximum atomic E-state index is 4.85. The van der Waals surface area contributed by atoms with Crippen molar-refractivity contribution < 1.29 is 9.47 Å². The van der Waals surface area contributed by atoms with E-state index in [-0.39, 0.29) is 11.6 Å². The minimum atomic E-state index is 0.0625. The molecule has 0 N–H and O–H groups in total. The molecular formula is C3H2O2. The molecule has 0 spiro atoms. The van der Waals surface area contributed by atoms with Crippen molar-refractivity contribution in [3.8, 4) is 0 Å². The molecule has 0 atom stereocenters. The molecule has 3 aliphatic rings. The maximum Gasteiger partial charge on any atom is 0.235 e. The fourth-order valence-corrected chi connectivity index (χ4v) is 0.735. The van der Waals surface area contributed by atoms with Gasteiger partial charge in [-0.2, -0.15) is 0 Å². The van der Waals surface area contributed by atoms with Crippen molar-refractivity contribution in [2.24, 2.45) is 0 Å². The Balaban J connectivity index is 2.58. The summed E-state index contributed by atoms with van der Waals surface area (Å²) in [5, 5.41) is 0. The minimum Gasteiger partial charge on any atom is -0.306 e. The zero-order valence-electron chi connectivity index (χ0n) is 2.52. The van der Waals surface area contributed by atoms with Gasteiger partial charge in [0.15, 0.2) is 0 Å². The highest BCUT2D eigenvalue weighted by Crippen LogP contribution is 2.88. The molecule has 0 aromatic carbocycles. The molecule has 0 aromatic rings. The Morgan fingerprint density at radius 3 is 1.40 bits per heavy atom. The van der Waals surface area contributed by atoms with Crippen molar-refractivity contribution in [2.45, 2.75) is 18.0 Å². The van der Waals surface area contributed by atoms with Crippen molar-refractivity contribution in [3.63, 3.8) is 0 Å². The van der Waals surface area contributed by atoms with Crippen molar-refractivity contribution in [1.29, 1.82) is 0 Å². The second-order valence-electron chi connectivity index (χ2n) is 1.89. The highest BCUT2D eigenvalue weighted by molar-refractivity contribution is 5.37. The molecule has 2 heteroatoms. The van der Waals surface area contributed by atoms with Crippen LogP contribution in [0.3, 0.4) is 0 Å². The van der Waals surface area contributed by atoms with Crippen molar-refractivity contribution in [1.82, 2.24) is 0 Å². The van der Waals surface area contributed by atoms with Crippen LogP contribution in [0, 0.1) is 0 Å². The van der Waals surface area contributed by atoms with Crippen LogP contribution in [0.4, 0.5) is 0 Å². The molecule has 0 aromatic heterocycles. The van der Waals surface area contributed by atoms with Crippen molar-refractivity contribution in [3.05, 3.63) is 0 Å². The Kier molecular flexibility index (Phi) is 0.0474. The third-order valence-corrected chi connectivity index (χ3v) is 1.50. The molecule has 2 saturated heterocycles. The zero-order valence-corrected chi connectivity index (χ0v) is 2.52. The van der Waals surface area contributed by atoms with E-state index in [1.807, 2.05) is 0 Å². The molecule has 1 aliphatic carbocycles. The lowest BCUT2D eigenvalue weighted by molar-refractivity contribution is -0.178. The first-order valence-electron chi connectivity index (χ1n) is 1.77. The van der Waals surface area contributed by atoms with Crippen LogP contribution in [0.15, 0.2) is 0 Å². The van der Waals surface area contributed by atoms with E-state index < -0.39 is 0 Å². The van der Waals surface area contributed by atoms with E-state index in [0.29, 0.717) is 0 Å². The van der Waals surface area contributed by atoms with Gasteiger partial charge in [-0.1, -0.05) is 0 Å². The van der Waals surface area contributed by atoms with Crippen LogP contribution in [0.1, 0.15) is 6.42 Å². The van der Waals surface area contributed by atoms with E-state index >= 15 is 0 Å². The summed E-state index contributed by atoms with van der Waals surface area (Å²) in [6, 6.07) is 0. The fraction of sp³-hybridized carbons (Fsp3) is 1.00. The van der Waals surface area contributed by atoms with Gasteiger partial charge in [0.25, 0.3) is 0 Å². The average molecular weight is 70.0 g/mol. The van der Waals surface area contributed by atoms with Crippen LogP contribution in [0.25, 0.3) is 0 Å². The summed E-state index contributed by atoms with van der Waals surface area (Å²) < 4.78 is 9.69. The number of epoxide rings is 2. The molecule has 2 aliphatic heterocycles. The quantitative estimate of drug-likeness (QED) is 0.370. The second kappa shape index (κ2) is 0.150. The Labute approximate surface area is 28.7 Å². The van der Waals surface area contributed by atoms with E-state index in [4.69, 9.17) is 9.47 Å². The number of hydrogen-bond donors (Lipinski definition) is 0. The molecule has 0 radical (unpaired) electrons. The molecule has 3 fully saturated rings. The highest BCUT2D eigenvalue weighted by atomic mass is 17.1. The maximum absolute atomic E-state index is 4.85. The largest absolute Gasteiger partial charge is 0.306 e. The van der Waals surface area contributed by atoms with Crippen molar-refractivity contribution in [2.75, 3.05) is 0 Å². The Morgan fingerprint density at radius 1 is 1.20 bits per heavy atom. The number of rotatable bonds is 0. The van der Waals surface area contributed by atoms with Gasteiger partial charge < -0.3 is 9.47 Å². The molecular weight excluding hydrogens is 68.0 g/mol. The van der Waals surface area contributed by atoms with Gasteiger partial charge in [0, 0.05) is 0 Å². The normalized spacial score (nSPS) is 91.2. The minimum absolute atomic E-state index is 0.0625. The van der Waals surface area contributed by atoms with E-state index in [1.54, 1.807) is 0 Å². The standard InChI is InChI=1S/C3H2O2/c1-2-3(1,4-2)5-2/h1H2. The van der Waals surface area contributed by atoms with Gasteiger partial charge in [0.2, 0.25) is 11.6 Å². The van der Waals surface area contributed by atoms with E-state index in [9.17, 15) is 0 Å². The smallest absolute Gasteiger partial charge is 0.235 e.